The van der Waals surface area contributed by atoms with Gasteiger partial charge in [-0.15, -0.1) is 0 Å². The van der Waals surface area contributed by atoms with Crippen LogP contribution in [0, 0.1) is 12.7 Å². The van der Waals surface area contributed by atoms with Crippen LogP contribution in [0.3, 0.4) is 0 Å². The Balaban J connectivity index is 2.09. The number of benzene rings is 2. The van der Waals surface area contributed by atoms with Crippen molar-refractivity contribution in [2.24, 2.45) is 5.73 Å². The molecule has 0 saturated heterocycles. The van der Waals surface area contributed by atoms with Crippen LogP contribution in [-0.2, 0) is 6.61 Å². The standard InChI is InChI=1S/C16H17ClFNO/c1-10-3-4-12(15(17)7-10)9-20-13-5-6-14(11(2)19)16(18)8-13/h3-8,11H,9,19H2,1-2H3/t11-/m0/s1. The minimum atomic E-state index is -0.354. The average molecular weight is 294 g/mol. The summed E-state index contributed by atoms with van der Waals surface area (Å²) in [7, 11) is 0. The highest BCUT2D eigenvalue weighted by atomic mass is 35.5. The van der Waals surface area contributed by atoms with Gasteiger partial charge in [0.25, 0.3) is 0 Å². The van der Waals surface area contributed by atoms with Gasteiger partial charge in [0.1, 0.15) is 18.2 Å². The Morgan fingerprint density at radius 1 is 1.25 bits per heavy atom. The number of nitrogens with two attached hydrogens (primary N) is 1. The van der Waals surface area contributed by atoms with Crippen LogP contribution in [0.15, 0.2) is 36.4 Å². The molecule has 1 atom stereocenters. The Bertz CT molecular complexity index is 613. The van der Waals surface area contributed by atoms with E-state index in [-0.39, 0.29) is 11.9 Å². The van der Waals surface area contributed by atoms with Gasteiger partial charge in [-0.05, 0) is 31.5 Å². The molecule has 0 saturated carbocycles. The first kappa shape index (κ1) is 14.8. The molecule has 0 radical (unpaired) electrons. The fraction of sp³-hybridized carbons (Fsp3) is 0.250. The van der Waals surface area contributed by atoms with E-state index < -0.39 is 0 Å². The summed E-state index contributed by atoms with van der Waals surface area (Å²) in [6, 6.07) is 10.1. The third-order valence-electron chi connectivity index (χ3n) is 3.07. The van der Waals surface area contributed by atoms with Gasteiger partial charge < -0.3 is 10.5 Å². The first-order valence-corrected chi connectivity index (χ1v) is 6.78. The molecule has 2 rings (SSSR count). The van der Waals surface area contributed by atoms with Crippen molar-refractivity contribution in [3.05, 3.63) is 63.9 Å². The van der Waals surface area contributed by atoms with Crippen LogP contribution >= 0.6 is 11.6 Å². The lowest BCUT2D eigenvalue weighted by Gasteiger charge is -2.11. The Hall–Kier alpha value is -1.58. The lowest BCUT2D eigenvalue weighted by molar-refractivity contribution is 0.304. The van der Waals surface area contributed by atoms with Crippen molar-refractivity contribution in [2.45, 2.75) is 26.5 Å². The van der Waals surface area contributed by atoms with E-state index in [2.05, 4.69) is 0 Å². The quantitative estimate of drug-likeness (QED) is 0.907. The zero-order valence-corrected chi connectivity index (χ0v) is 12.2. The van der Waals surface area contributed by atoms with Crippen LogP contribution < -0.4 is 10.5 Å². The van der Waals surface area contributed by atoms with Gasteiger partial charge >= 0.3 is 0 Å². The summed E-state index contributed by atoms with van der Waals surface area (Å²) in [6.45, 7) is 4.01. The summed E-state index contributed by atoms with van der Waals surface area (Å²) in [4.78, 5) is 0. The molecule has 0 aliphatic carbocycles. The van der Waals surface area contributed by atoms with Crippen molar-refractivity contribution in [2.75, 3.05) is 0 Å². The lowest BCUT2D eigenvalue weighted by Crippen LogP contribution is -2.07. The summed E-state index contributed by atoms with van der Waals surface area (Å²) in [6.07, 6.45) is 0. The highest BCUT2D eigenvalue weighted by Gasteiger charge is 2.08. The van der Waals surface area contributed by atoms with Gasteiger partial charge in [0.05, 0.1) is 0 Å². The van der Waals surface area contributed by atoms with Gasteiger partial charge in [-0.25, -0.2) is 4.39 Å². The molecule has 0 aliphatic rings. The topological polar surface area (TPSA) is 35.2 Å². The smallest absolute Gasteiger partial charge is 0.131 e. The number of hydrogen-bond acceptors (Lipinski definition) is 2. The molecule has 20 heavy (non-hydrogen) atoms. The molecular weight excluding hydrogens is 277 g/mol. The first-order chi connectivity index (χ1) is 9.47. The summed E-state index contributed by atoms with van der Waals surface area (Å²) >= 11 is 6.12. The predicted molar refractivity (Wildman–Crippen MR) is 79.5 cm³/mol. The van der Waals surface area contributed by atoms with Crippen molar-refractivity contribution in [3.63, 3.8) is 0 Å². The fourth-order valence-corrected chi connectivity index (χ4v) is 2.19. The van der Waals surface area contributed by atoms with E-state index in [1.165, 1.54) is 6.07 Å². The van der Waals surface area contributed by atoms with Gasteiger partial charge in [0.15, 0.2) is 0 Å². The summed E-state index contributed by atoms with van der Waals surface area (Å²) in [5, 5.41) is 0.651. The van der Waals surface area contributed by atoms with E-state index in [1.807, 2.05) is 25.1 Å². The highest BCUT2D eigenvalue weighted by Crippen LogP contribution is 2.23. The normalized spacial score (nSPS) is 12.2. The van der Waals surface area contributed by atoms with Gasteiger partial charge in [0, 0.05) is 28.3 Å². The van der Waals surface area contributed by atoms with E-state index >= 15 is 0 Å². The van der Waals surface area contributed by atoms with Crippen LogP contribution in [0.5, 0.6) is 5.75 Å². The maximum Gasteiger partial charge on any atom is 0.131 e. The largest absolute Gasteiger partial charge is 0.489 e. The Kier molecular flexibility index (Phi) is 4.63. The molecule has 106 valence electrons. The Labute approximate surface area is 123 Å². The van der Waals surface area contributed by atoms with Crippen LogP contribution in [0.4, 0.5) is 4.39 Å². The number of hydrogen-bond donors (Lipinski definition) is 1. The summed E-state index contributed by atoms with van der Waals surface area (Å²) in [5.41, 5.74) is 8.10. The van der Waals surface area contributed by atoms with Gasteiger partial charge in [-0.1, -0.05) is 29.8 Å². The zero-order valence-electron chi connectivity index (χ0n) is 11.5. The molecule has 2 N–H and O–H groups in total. The van der Waals surface area contributed by atoms with Crippen molar-refractivity contribution < 1.29 is 9.13 Å². The van der Waals surface area contributed by atoms with Crippen LogP contribution in [0.2, 0.25) is 5.02 Å². The van der Waals surface area contributed by atoms with Gasteiger partial charge in [-0.2, -0.15) is 0 Å². The molecule has 0 unspecified atom stereocenters. The molecule has 0 fully saturated rings. The maximum atomic E-state index is 13.8. The molecule has 0 aromatic heterocycles. The van der Waals surface area contributed by atoms with Crippen molar-refractivity contribution >= 4 is 11.6 Å². The number of aryl methyl sites for hydroxylation is 1. The fourth-order valence-electron chi connectivity index (χ4n) is 1.90. The monoisotopic (exact) mass is 293 g/mol. The average Bonchev–Trinajstić information content (AvgIpc) is 2.37. The summed E-state index contributed by atoms with van der Waals surface area (Å²) < 4.78 is 19.3. The SMILES string of the molecule is Cc1ccc(COc2ccc([C@H](C)N)c(F)c2)c(Cl)c1. The Morgan fingerprint density at radius 3 is 2.60 bits per heavy atom. The molecule has 0 bridgehead atoms. The number of rotatable bonds is 4. The number of ether oxygens (including phenoxy) is 1. The second-order valence-electron chi connectivity index (χ2n) is 4.86. The van der Waals surface area contributed by atoms with Crippen molar-refractivity contribution in [1.82, 2.24) is 0 Å². The van der Waals surface area contributed by atoms with Crippen LogP contribution in [-0.4, -0.2) is 0 Å². The van der Waals surface area contributed by atoms with Crippen molar-refractivity contribution in [3.8, 4) is 5.75 Å². The zero-order chi connectivity index (χ0) is 14.7. The molecule has 2 nitrogen and oxygen atoms in total. The minimum Gasteiger partial charge on any atom is -0.489 e. The highest BCUT2D eigenvalue weighted by molar-refractivity contribution is 6.31. The van der Waals surface area contributed by atoms with Crippen LogP contribution in [0.25, 0.3) is 0 Å². The molecule has 0 spiro atoms. The van der Waals surface area contributed by atoms with E-state index in [0.717, 1.165) is 11.1 Å². The summed E-state index contributed by atoms with van der Waals surface area (Å²) in [5.74, 6) is 0.107. The van der Waals surface area contributed by atoms with Crippen LogP contribution in [0.1, 0.15) is 29.7 Å². The predicted octanol–water partition coefficient (Wildman–Crippen LogP) is 4.39. The van der Waals surface area contributed by atoms with E-state index in [1.54, 1.807) is 19.1 Å². The molecule has 2 aromatic carbocycles. The molecular formula is C16H17ClFNO. The lowest BCUT2D eigenvalue weighted by atomic mass is 10.1. The van der Waals surface area contributed by atoms with E-state index in [0.29, 0.717) is 22.9 Å². The molecule has 2 aromatic rings. The molecule has 0 amide bonds. The second kappa shape index (κ2) is 6.25. The third-order valence-corrected chi connectivity index (χ3v) is 3.42. The molecule has 4 heteroatoms. The second-order valence-corrected chi connectivity index (χ2v) is 5.26. The molecule has 0 heterocycles. The van der Waals surface area contributed by atoms with Gasteiger partial charge in [0.2, 0.25) is 0 Å². The minimum absolute atomic E-state index is 0.302. The first-order valence-electron chi connectivity index (χ1n) is 6.40. The molecule has 0 aliphatic heterocycles. The Morgan fingerprint density at radius 2 is 2.00 bits per heavy atom. The van der Waals surface area contributed by atoms with E-state index in [4.69, 9.17) is 22.1 Å². The third kappa shape index (κ3) is 3.50. The van der Waals surface area contributed by atoms with Gasteiger partial charge in [-0.3, -0.25) is 0 Å². The number of halogens is 2. The van der Waals surface area contributed by atoms with E-state index in [9.17, 15) is 4.39 Å². The maximum absolute atomic E-state index is 13.8. The van der Waals surface area contributed by atoms with Crippen molar-refractivity contribution in [1.29, 1.82) is 0 Å².